The molecule has 0 unspecified atom stereocenters. The van der Waals surface area contributed by atoms with E-state index in [2.05, 4.69) is 10.6 Å². The fourth-order valence-corrected chi connectivity index (χ4v) is 1.82. The maximum atomic E-state index is 11.8. The Bertz CT molecular complexity index is 452. The van der Waals surface area contributed by atoms with E-state index in [1.807, 2.05) is 0 Å². The lowest BCUT2D eigenvalue weighted by Crippen LogP contribution is -2.46. The largest absolute Gasteiger partial charge is 0.393 e. The Balaban J connectivity index is 1.92. The predicted molar refractivity (Wildman–Crippen MR) is 66.1 cm³/mol. The first-order valence-electron chi connectivity index (χ1n) is 5.70. The molecule has 0 aromatic heterocycles. The molecular formula is C12H15N3O3. The van der Waals surface area contributed by atoms with Crippen molar-refractivity contribution in [2.75, 3.05) is 5.32 Å². The van der Waals surface area contributed by atoms with E-state index in [4.69, 9.17) is 10.8 Å². The molecule has 0 atom stereocenters. The van der Waals surface area contributed by atoms with Gasteiger partial charge in [-0.1, -0.05) is 0 Å². The zero-order valence-electron chi connectivity index (χ0n) is 9.72. The highest BCUT2D eigenvalue weighted by Gasteiger charge is 2.28. The Morgan fingerprint density at radius 2 is 1.83 bits per heavy atom. The average molecular weight is 249 g/mol. The van der Waals surface area contributed by atoms with Crippen LogP contribution in [0.25, 0.3) is 0 Å². The van der Waals surface area contributed by atoms with E-state index >= 15 is 0 Å². The molecule has 96 valence electrons. The standard InChI is InChI=1S/C12H15N3O3/c13-12(18)15-8-3-1-7(2-4-8)11(17)14-9-5-10(16)6-9/h1-4,9-10,16H,5-6H2,(H,14,17)(H3,13,15,18). The maximum Gasteiger partial charge on any atom is 0.316 e. The van der Waals surface area contributed by atoms with Crippen molar-refractivity contribution in [2.45, 2.75) is 25.0 Å². The molecule has 1 aromatic carbocycles. The molecule has 5 N–H and O–H groups in total. The number of aliphatic hydroxyl groups is 1. The SMILES string of the molecule is NC(=O)Nc1ccc(C(=O)NC2CC(O)C2)cc1. The molecule has 0 bridgehead atoms. The first-order valence-corrected chi connectivity index (χ1v) is 5.70. The molecule has 0 radical (unpaired) electrons. The number of nitrogens with one attached hydrogen (secondary N) is 2. The Hall–Kier alpha value is -2.08. The molecule has 1 saturated carbocycles. The van der Waals surface area contributed by atoms with E-state index in [0.29, 0.717) is 24.1 Å². The van der Waals surface area contributed by atoms with Crippen LogP contribution in [0.3, 0.4) is 0 Å². The zero-order chi connectivity index (χ0) is 13.1. The van der Waals surface area contributed by atoms with Crippen molar-refractivity contribution in [1.29, 1.82) is 0 Å². The van der Waals surface area contributed by atoms with Crippen molar-refractivity contribution in [3.63, 3.8) is 0 Å². The van der Waals surface area contributed by atoms with Crippen molar-refractivity contribution in [3.05, 3.63) is 29.8 Å². The van der Waals surface area contributed by atoms with E-state index < -0.39 is 6.03 Å². The third-order valence-corrected chi connectivity index (χ3v) is 2.86. The number of amides is 3. The lowest BCUT2D eigenvalue weighted by molar-refractivity contribution is 0.0562. The smallest absolute Gasteiger partial charge is 0.316 e. The second kappa shape index (κ2) is 5.05. The van der Waals surface area contributed by atoms with Crippen LogP contribution in [0.2, 0.25) is 0 Å². The number of aliphatic hydroxyl groups excluding tert-OH is 1. The normalized spacial score (nSPS) is 21.8. The Morgan fingerprint density at radius 3 is 2.33 bits per heavy atom. The number of urea groups is 1. The fourth-order valence-electron chi connectivity index (χ4n) is 1.82. The van der Waals surface area contributed by atoms with Crippen LogP contribution in [0.5, 0.6) is 0 Å². The molecule has 2 rings (SSSR count). The molecule has 6 nitrogen and oxygen atoms in total. The average Bonchev–Trinajstić information content (AvgIpc) is 2.27. The highest BCUT2D eigenvalue weighted by Crippen LogP contribution is 2.20. The third-order valence-electron chi connectivity index (χ3n) is 2.86. The Morgan fingerprint density at radius 1 is 1.22 bits per heavy atom. The summed E-state index contributed by atoms with van der Waals surface area (Å²) in [4.78, 5) is 22.4. The van der Waals surface area contributed by atoms with E-state index in [9.17, 15) is 9.59 Å². The van der Waals surface area contributed by atoms with Gasteiger partial charge < -0.3 is 21.5 Å². The number of primary amides is 1. The quantitative estimate of drug-likeness (QED) is 0.624. The molecule has 0 aliphatic heterocycles. The first-order chi connectivity index (χ1) is 8.54. The van der Waals surface area contributed by atoms with Crippen molar-refractivity contribution in [3.8, 4) is 0 Å². The van der Waals surface area contributed by atoms with Crippen LogP contribution in [0.1, 0.15) is 23.2 Å². The van der Waals surface area contributed by atoms with Crippen LogP contribution in [0, 0.1) is 0 Å². The van der Waals surface area contributed by atoms with Crippen LogP contribution in [-0.4, -0.2) is 29.2 Å². The van der Waals surface area contributed by atoms with E-state index in [1.165, 1.54) is 0 Å². The van der Waals surface area contributed by atoms with Gasteiger partial charge in [0.2, 0.25) is 0 Å². The van der Waals surface area contributed by atoms with Gasteiger partial charge in [-0.05, 0) is 37.1 Å². The number of hydrogen-bond donors (Lipinski definition) is 4. The Kier molecular flexibility index (Phi) is 3.47. The number of rotatable bonds is 3. The molecular weight excluding hydrogens is 234 g/mol. The van der Waals surface area contributed by atoms with Gasteiger partial charge in [0.25, 0.3) is 5.91 Å². The monoisotopic (exact) mass is 249 g/mol. The molecule has 3 amide bonds. The van der Waals surface area contributed by atoms with Gasteiger partial charge in [0, 0.05) is 17.3 Å². The first kappa shape index (κ1) is 12.4. The molecule has 1 fully saturated rings. The lowest BCUT2D eigenvalue weighted by atomic mass is 9.89. The number of carbonyl (C=O) groups is 2. The topological polar surface area (TPSA) is 104 Å². The van der Waals surface area contributed by atoms with Crippen molar-refractivity contribution in [2.24, 2.45) is 5.73 Å². The molecule has 1 aliphatic carbocycles. The van der Waals surface area contributed by atoms with Gasteiger partial charge in [-0.15, -0.1) is 0 Å². The summed E-state index contributed by atoms with van der Waals surface area (Å²) in [6.45, 7) is 0. The number of anilines is 1. The fraction of sp³-hybridized carbons (Fsp3) is 0.333. The van der Waals surface area contributed by atoms with Crippen molar-refractivity contribution < 1.29 is 14.7 Å². The maximum absolute atomic E-state index is 11.8. The van der Waals surface area contributed by atoms with Gasteiger partial charge in [-0.25, -0.2) is 4.79 Å². The second-order valence-electron chi connectivity index (χ2n) is 4.36. The number of nitrogens with two attached hydrogens (primary N) is 1. The molecule has 1 aliphatic rings. The molecule has 0 spiro atoms. The van der Waals surface area contributed by atoms with Crippen LogP contribution in [-0.2, 0) is 0 Å². The zero-order valence-corrected chi connectivity index (χ0v) is 9.72. The second-order valence-corrected chi connectivity index (χ2v) is 4.36. The van der Waals surface area contributed by atoms with Crippen LogP contribution in [0.4, 0.5) is 10.5 Å². The van der Waals surface area contributed by atoms with Crippen molar-refractivity contribution in [1.82, 2.24) is 5.32 Å². The number of hydrogen-bond acceptors (Lipinski definition) is 3. The summed E-state index contributed by atoms with van der Waals surface area (Å²) in [5.41, 5.74) is 6.02. The molecule has 1 aromatic rings. The highest BCUT2D eigenvalue weighted by atomic mass is 16.3. The van der Waals surface area contributed by atoms with E-state index in [1.54, 1.807) is 24.3 Å². The van der Waals surface area contributed by atoms with Gasteiger partial charge in [0.1, 0.15) is 0 Å². The number of benzene rings is 1. The summed E-state index contributed by atoms with van der Waals surface area (Å²) < 4.78 is 0. The summed E-state index contributed by atoms with van der Waals surface area (Å²) in [5, 5.41) is 14.3. The van der Waals surface area contributed by atoms with Gasteiger partial charge in [-0.2, -0.15) is 0 Å². The predicted octanol–water partition coefficient (Wildman–Crippen LogP) is 0.430. The van der Waals surface area contributed by atoms with Gasteiger partial charge in [-0.3, -0.25) is 4.79 Å². The van der Waals surface area contributed by atoms with Gasteiger partial charge in [0.15, 0.2) is 0 Å². The summed E-state index contributed by atoms with van der Waals surface area (Å²) in [6.07, 6.45) is 0.914. The van der Waals surface area contributed by atoms with Gasteiger partial charge in [0.05, 0.1) is 6.10 Å². The minimum atomic E-state index is -0.643. The van der Waals surface area contributed by atoms with Gasteiger partial charge >= 0.3 is 6.03 Å². The van der Waals surface area contributed by atoms with E-state index in [-0.39, 0.29) is 18.1 Å². The molecule has 0 heterocycles. The molecule has 0 saturated heterocycles. The lowest BCUT2D eigenvalue weighted by Gasteiger charge is -2.31. The minimum Gasteiger partial charge on any atom is -0.393 e. The molecule has 6 heteroatoms. The summed E-state index contributed by atoms with van der Waals surface area (Å²) in [7, 11) is 0. The van der Waals surface area contributed by atoms with E-state index in [0.717, 1.165) is 0 Å². The summed E-state index contributed by atoms with van der Waals surface area (Å²) in [5.74, 6) is -0.183. The van der Waals surface area contributed by atoms with Crippen LogP contribution >= 0.6 is 0 Å². The number of carbonyl (C=O) groups excluding carboxylic acids is 2. The van der Waals surface area contributed by atoms with Crippen LogP contribution < -0.4 is 16.4 Å². The molecule has 18 heavy (non-hydrogen) atoms. The summed E-state index contributed by atoms with van der Waals surface area (Å²) >= 11 is 0. The van der Waals surface area contributed by atoms with Crippen LogP contribution in [0.15, 0.2) is 24.3 Å². The summed E-state index contributed by atoms with van der Waals surface area (Å²) in [6, 6.07) is 5.84. The third kappa shape index (κ3) is 2.98. The van der Waals surface area contributed by atoms with Crippen molar-refractivity contribution >= 4 is 17.6 Å². The minimum absolute atomic E-state index is 0.0518. The Labute approximate surface area is 104 Å². The highest BCUT2D eigenvalue weighted by molar-refractivity contribution is 5.95.